The first kappa shape index (κ1) is 15.9. The van der Waals surface area contributed by atoms with Gasteiger partial charge >= 0.3 is 5.97 Å². The molecule has 0 spiro atoms. The first-order valence-electron chi connectivity index (χ1n) is 6.14. The number of carbonyl (C=O) groups is 2. The molecule has 2 atom stereocenters. The Bertz CT molecular complexity index is 460. The van der Waals surface area contributed by atoms with Gasteiger partial charge in [-0.3, -0.25) is 4.79 Å². The molecule has 110 valence electrons. The Morgan fingerprint density at radius 2 is 1.95 bits per heavy atom. The van der Waals surface area contributed by atoms with Crippen molar-refractivity contribution in [3.05, 3.63) is 0 Å². The van der Waals surface area contributed by atoms with Crippen molar-refractivity contribution in [1.82, 2.24) is 9.62 Å². The van der Waals surface area contributed by atoms with Gasteiger partial charge in [0.25, 0.3) is 0 Å². The van der Waals surface area contributed by atoms with Crippen LogP contribution in [0.3, 0.4) is 0 Å². The summed E-state index contributed by atoms with van der Waals surface area (Å²) in [5.74, 6) is -1.93. The van der Waals surface area contributed by atoms with E-state index in [2.05, 4.69) is 5.32 Å². The standard InChI is InChI=1S/C11H20N2O5S/c1-7(2)9(11(15)16)12-10(14)8-5-4-6-13(8)19(3,17)18/h7-9H,4-6H2,1-3H3,(H,12,14)(H,15,16)/t8?,9-/m1/s1. The SMILES string of the molecule is CC(C)[C@@H](NC(=O)C1CCCN1S(C)(=O)=O)C(=O)O. The fourth-order valence-corrected chi connectivity index (χ4v) is 3.29. The van der Waals surface area contributed by atoms with Crippen LogP contribution < -0.4 is 5.32 Å². The van der Waals surface area contributed by atoms with Crippen LogP contribution in [0.15, 0.2) is 0 Å². The fraction of sp³-hybridized carbons (Fsp3) is 0.818. The minimum absolute atomic E-state index is 0.269. The predicted octanol–water partition coefficient (Wildman–Crippen LogP) is -0.364. The maximum absolute atomic E-state index is 12.0. The van der Waals surface area contributed by atoms with E-state index < -0.39 is 34.0 Å². The maximum Gasteiger partial charge on any atom is 0.326 e. The van der Waals surface area contributed by atoms with Crippen molar-refractivity contribution in [3.8, 4) is 0 Å². The van der Waals surface area contributed by atoms with E-state index in [0.29, 0.717) is 19.4 Å². The predicted molar refractivity (Wildman–Crippen MR) is 69.0 cm³/mol. The quantitative estimate of drug-likeness (QED) is 0.720. The maximum atomic E-state index is 12.0. The molecule has 0 aliphatic carbocycles. The normalized spacial score (nSPS) is 22.4. The molecule has 1 amide bonds. The summed E-state index contributed by atoms with van der Waals surface area (Å²) in [5.41, 5.74) is 0. The summed E-state index contributed by atoms with van der Waals surface area (Å²) < 4.78 is 24.2. The lowest BCUT2D eigenvalue weighted by Gasteiger charge is -2.24. The smallest absolute Gasteiger partial charge is 0.326 e. The number of hydrogen-bond acceptors (Lipinski definition) is 4. The second-order valence-corrected chi connectivity index (χ2v) is 7.04. The van der Waals surface area contributed by atoms with E-state index in [1.165, 1.54) is 0 Å². The first-order chi connectivity index (χ1) is 8.64. The van der Waals surface area contributed by atoms with Gasteiger partial charge in [-0.2, -0.15) is 4.31 Å². The van der Waals surface area contributed by atoms with Gasteiger partial charge in [0.1, 0.15) is 12.1 Å². The zero-order chi connectivity index (χ0) is 14.8. The van der Waals surface area contributed by atoms with Gasteiger partial charge in [0, 0.05) is 6.54 Å². The average Bonchev–Trinajstić information content (AvgIpc) is 2.72. The van der Waals surface area contributed by atoms with Gasteiger partial charge in [-0.15, -0.1) is 0 Å². The monoisotopic (exact) mass is 292 g/mol. The van der Waals surface area contributed by atoms with E-state index in [9.17, 15) is 18.0 Å². The molecular weight excluding hydrogens is 272 g/mol. The van der Waals surface area contributed by atoms with Crippen molar-refractivity contribution >= 4 is 21.9 Å². The van der Waals surface area contributed by atoms with Crippen LogP contribution in [-0.4, -0.2) is 54.6 Å². The molecule has 1 unspecified atom stereocenters. The lowest BCUT2D eigenvalue weighted by molar-refractivity contribution is -0.143. The highest BCUT2D eigenvalue weighted by Crippen LogP contribution is 2.20. The van der Waals surface area contributed by atoms with Gasteiger partial charge in [-0.25, -0.2) is 13.2 Å². The van der Waals surface area contributed by atoms with Crippen LogP contribution in [0.25, 0.3) is 0 Å². The van der Waals surface area contributed by atoms with E-state index in [1.807, 2.05) is 0 Å². The number of nitrogens with one attached hydrogen (secondary N) is 1. The number of carboxylic acids is 1. The van der Waals surface area contributed by atoms with Crippen LogP contribution in [0.2, 0.25) is 0 Å². The highest BCUT2D eigenvalue weighted by Gasteiger charge is 2.38. The second-order valence-electron chi connectivity index (χ2n) is 5.10. The Balaban J connectivity index is 2.80. The number of carboxylic acid groups (broad SMARTS) is 1. The molecule has 0 aromatic heterocycles. The molecule has 8 heteroatoms. The molecule has 1 aliphatic rings. The minimum atomic E-state index is -3.45. The number of amides is 1. The number of sulfonamides is 1. The van der Waals surface area contributed by atoms with Crippen LogP contribution in [-0.2, 0) is 19.6 Å². The largest absolute Gasteiger partial charge is 0.480 e. The molecule has 19 heavy (non-hydrogen) atoms. The number of rotatable bonds is 5. The third-order valence-corrected chi connectivity index (χ3v) is 4.45. The molecule has 0 bridgehead atoms. The third kappa shape index (κ3) is 3.90. The van der Waals surface area contributed by atoms with Gasteiger partial charge in [0.15, 0.2) is 0 Å². The van der Waals surface area contributed by atoms with Crippen molar-refractivity contribution < 1.29 is 23.1 Å². The van der Waals surface area contributed by atoms with Crippen LogP contribution in [0.4, 0.5) is 0 Å². The number of hydrogen-bond donors (Lipinski definition) is 2. The summed E-state index contributed by atoms with van der Waals surface area (Å²) in [5, 5.41) is 11.4. The Morgan fingerprint density at radius 1 is 1.37 bits per heavy atom. The van der Waals surface area contributed by atoms with E-state index in [4.69, 9.17) is 5.11 Å². The molecule has 0 aromatic carbocycles. The van der Waals surface area contributed by atoms with Gasteiger partial charge in [-0.1, -0.05) is 13.8 Å². The van der Waals surface area contributed by atoms with E-state index in [-0.39, 0.29) is 5.92 Å². The first-order valence-corrected chi connectivity index (χ1v) is 7.99. The number of nitrogens with zero attached hydrogens (tertiary/aromatic N) is 1. The lowest BCUT2D eigenvalue weighted by atomic mass is 10.0. The molecule has 0 aromatic rings. The number of carbonyl (C=O) groups excluding carboxylic acids is 1. The fourth-order valence-electron chi connectivity index (χ4n) is 2.16. The van der Waals surface area contributed by atoms with Crippen LogP contribution in [0, 0.1) is 5.92 Å². The molecule has 7 nitrogen and oxygen atoms in total. The molecule has 1 saturated heterocycles. The Morgan fingerprint density at radius 3 is 2.37 bits per heavy atom. The Kier molecular flexibility index (Phi) is 4.92. The van der Waals surface area contributed by atoms with E-state index in [1.54, 1.807) is 13.8 Å². The third-order valence-electron chi connectivity index (χ3n) is 3.16. The van der Waals surface area contributed by atoms with Crippen LogP contribution in [0.5, 0.6) is 0 Å². The summed E-state index contributed by atoms with van der Waals surface area (Å²) in [6.45, 7) is 3.67. The zero-order valence-electron chi connectivity index (χ0n) is 11.3. The molecule has 0 radical (unpaired) electrons. The summed E-state index contributed by atoms with van der Waals surface area (Å²) in [4.78, 5) is 23.1. The Labute approximate surface area is 113 Å². The molecule has 1 heterocycles. The van der Waals surface area contributed by atoms with Gasteiger partial charge < -0.3 is 10.4 Å². The van der Waals surface area contributed by atoms with Crippen molar-refractivity contribution in [3.63, 3.8) is 0 Å². The van der Waals surface area contributed by atoms with Crippen LogP contribution in [0.1, 0.15) is 26.7 Å². The van der Waals surface area contributed by atoms with Crippen molar-refractivity contribution in [2.45, 2.75) is 38.8 Å². The molecular formula is C11H20N2O5S. The highest BCUT2D eigenvalue weighted by molar-refractivity contribution is 7.88. The van der Waals surface area contributed by atoms with Gasteiger partial charge in [-0.05, 0) is 18.8 Å². The second kappa shape index (κ2) is 5.87. The molecule has 2 N–H and O–H groups in total. The summed E-state index contributed by atoms with van der Waals surface area (Å²) in [6.07, 6.45) is 2.07. The Hall–Kier alpha value is -1.15. The highest BCUT2D eigenvalue weighted by atomic mass is 32.2. The van der Waals surface area contributed by atoms with Crippen molar-refractivity contribution in [2.75, 3.05) is 12.8 Å². The summed E-state index contributed by atoms with van der Waals surface area (Å²) >= 11 is 0. The molecule has 1 fully saturated rings. The van der Waals surface area contributed by atoms with Gasteiger partial charge in [0.2, 0.25) is 15.9 Å². The topological polar surface area (TPSA) is 104 Å². The lowest BCUT2D eigenvalue weighted by Crippen LogP contribution is -2.52. The number of aliphatic carboxylic acids is 1. The van der Waals surface area contributed by atoms with Crippen molar-refractivity contribution in [1.29, 1.82) is 0 Å². The van der Waals surface area contributed by atoms with E-state index in [0.717, 1.165) is 10.6 Å². The van der Waals surface area contributed by atoms with Gasteiger partial charge in [0.05, 0.1) is 6.26 Å². The molecule has 1 rings (SSSR count). The molecule has 0 saturated carbocycles. The van der Waals surface area contributed by atoms with Crippen LogP contribution >= 0.6 is 0 Å². The summed E-state index contributed by atoms with van der Waals surface area (Å²) in [7, 11) is -3.45. The summed E-state index contributed by atoms with van der Waals surface area (Å²) in [6, 6.07) is -1.80. The average molecular weight is 292 g/mol. The van der Waals surface area contributed by atoms with Crippen molar-refractivity contribution in [2.24, 2.45) is 5.92 Å². The zero-order valence-corrected chi connectivity index (χ0v) is 12.1. The van der Waals surface area contributed by atoms with E-state index >= 15 is 0 Å². The molecule has 1 aliphatic heterocycles. The minimum Gasteiger partial charge on any atom is -0.480 e.